The molecule has 1 aromatic heterocycles. The molecule has 1 fully saturated rings. The Hall–Kier alpha value is -1.40. The van der Waals surface area contributed by atoms with Crippen LogP contribution in [-0.4, -0.2) is 60.8 Å². The molecule has 1 saturated heterocycles. The van der Waals surface area contributed by atoms with Gasteiger partial charge in [-0.2, -0.15) is 4.98 Å². The predicted molar refractivity (Wildman–Crippen MR) is 76.7 cm³/mol. The molecule has 0 spiro atoms. The van der Waals surface area contributed by atoms with Crippen molar-refractivity contribution in [3.63, 3.8) is 0 Å². The fraction of sp³-hybridized carbons (Fsp3) is 0.692. The van der Waals surface area contributed by atoms with Gasteiger partial charge < -0.3 is 20.3 Å². The largest absolute Gasteiger partial charge is 0.374 e. The molecule has 1 unspecified atom stereocenters. The zero-order valence-corrected chi connectivity index (χ0v) is 11.9. The second-order valence-corrected chi connectivity index (χ2v) is 4.89. The predicted octanol–water partition coefficient (Wildman–Crippen LogP) is 0.959. The summed E-state index contributed by atoms with van der Waals surface area (Å²) < 4.78 is 5.72. The highest BCUT2D eigenvalue weighted by molar-refractivity contribution is 5.46. The van der Waals surface area contributed by atoms with Gasteiger partial charge in [-0.15, -0.1) is 0 Å². The minimum atomic E-state index is 0.218. The Morgan fingerprint density at radius 2 is 2.32 bits per heavy atom. The van der Waals surface area contributed by atoms with Gasteiger partial charge in [0.2, 0.25) is 5.95 Å². The summed E-state index contributed by atoms with van der Waals surface area (Å²) in [6, 6.07) is 0. The van der Waals surface area contributed by atoms with E-state index in [0.29, 0.717) is 5.95 Å². The number of rotatable bonds is 5. The average Bonchev–Trinajstić information content (AvgIpc) is 2.40. The number of anilines is 2. The van der Waals surface area contributed by atoms with E-state index < -0.39 is 0 Å². The first-order valence-corrected chi connectivity index (χ1v) is 6.80. The Morgan fingerprint density at radius 1 is 1.47 bits per heavy atom. The molecule has 1 aliphatic rings. The van der Waals surface area contributed by atoms with Gasteiger partial charge in [-0.05, 0) is 20.9 Å². The van der Waals surface area contributed by atoms with Crippen LogP contribution in [0.4, 0.5) is 11.8 Å². The molecule has 6 nitrogen and oxygen atoms in total. The van der Waals surface area contributed by atoms with E-state index >= 15 is 0 Å². The summed E-state index contributed by atoms with van der Waals surface area (Å²) in [5.41, 5.74) is 1.05. The number of hydrogen-bond donors (Lipinski definition) is 2. The Labute approximate surface area is 114 Å². The van der Waals surface area contributed by atoms with Crippen LogP contribution in [0.3, 0.4) is 0 Å². The number of aromatic nitrogens is 2. The van der Waals surface area contributed by atoms with Crippen molar-refractivity contribution in [3.8, 4) is 0 Å². The van der Waals surface area contributed by atoms with E-state index in [1.165, 1.54) is 0 Å². The fourth-order valence-electron chi connectivity index (χ4n) is 2.07. The molecule has 1 aliphatic heterocycles. The molecule has 2 N–H and O–H groups in total. The summed E-state index contributed by atoms with van der Waals surface area (Å²) in [5.74, 6) is 1.54. The molecule has 0 aliphatic carbocycles. The second-order valence-electron chi connectivity index (χ2n) is 4.89. The molecule has 0 bridgehead atoms. The van der Waals surface area contributed by atoms with Gasteiger partial charge in [-0.25, -0.2) is 4.98 Å². The van der Waals surface area contributed by atoms with Crippen molar-refractivity contribution in [1.29, 1.82) is 0 Å². The lowest BCUT2D eigenvalue weighted by Crippen LogP contribution is -2.43. The molecule has 0 aromatic carbocycles. The van der Waals surface area contributed by atoms with Crippen LogP contribution in [0.1, 0.15) is 12.5 Å². The lowest BCUT2D eigenvalue weighted by Gasteiger charge is -2.30. The number of hydrogen-bond acceptors (Lipinski definition) is 6. The average molecular weight is 265 g/mol. The molecular formula is C13H23N5O. The van der Waals surface area contributed by atoms with Gasteiger partial charge in [0.15, 0.2) is 0 Å². The summed E-state index contributed by atoms with van der Waals surface area (Å²) >= 11 is 0. The maximum Gasteiger partial charge on any atom is 0.224 e. The zero-order valence-electron chi connectivity index (χ0n) is 11.9. The van der Waals surface area contributed by atoms with Gasteiger partial charge in [0.1, 0.15) is 5.82 Å². The molecule has 2 rings (SSSR count). The van der Waals surface area contributed by atoms with Crippen molar-refractivity contribution in [3.05, 3.63) is 11.8 Å². The number of likely N-dealkylation sites (N-methyl/N-ethyl adjacent to an activating group) is 1. The molecule has 0 amide bonds. The van der Waals surface area contributed by atoms with E-state index in [1.807, 2.05) is 20.0 Å². The highest BCUT2D eigenvalue weighted by Crippen LogP contribution is 2.13. The van der Waals surface area contributed by atoms with Crippen molar-refractivity contribution in [2.24, 2.45) is 0 Å². The smallest absolute Gasteiger partial charge is 0.224 e. The highest BCUT2D eigenvalue weighted by atomic mass is 16.5. The first-order valence-electron chi connectivity index (χ1n) is 6.80. The van der Waals surface area contributed by atoms with Gasteiger partial charge in [0.05, 0.1) is 12.7 Å². The van der Waals surface area contributed by atoms with Gasteiger partial charge in [0.25, 0.3) is 0 Å². The van der Waals surface area contributed by atoms with E-state index in [1.54, 1.807) is 0 Å². The Bertz CT molecular complexity index is 412. The normalized spacial score (nSPS) is 20.3. The third-order valence-electron chi connectivity index (χ3n) is 3.15. The molecule has 6 heteroatoms. The van der Waals surface area contributed by atoms with Crippen LogP contribution in [0.15, 0.2) is 6.20 Å². The van der Waals surface area contributed by atoms with Gasteiger partial charge in [-0.3, -0.25) is 0 Å². The van der Waals surface area contributed by atoms with Crippen molar-refractivity contribution in [1.82, 2.24) is 14.9 Å². The quantitative estimate of drug-likeness (QED) is 0.827. The molecule has 1 atom stereocenters. The molecule has 19 heavy (non-hydrogen) atoms. The Balaban J connectivity index is 1.92. The number of nitrogens with zero attached hydrogens (tertiary/aromatic N) is 3. The standard InChI is InChI=1S/C13H23N5O/c1-4-14-13-16-7-10(2)12(17-13)15-8-11-9-18(3)5-6-19-11/h7,11H,4-6,8-9H2,1-3H3,(H2,14,15,16,17). The second kappa shape index (κ2) is 6.68. The van der Waals surface area contributed by atoms with E-state index in [2.05, 4.69) is 32.5 Å². The topological polar surface area (TPSA) is 62.3 Å². The number of ether oxygens (including phenoxy) is 1. The first kappa shape index (κ1) is 14.0. The maximum absolute atomic E-state index is 5.72. The van der Waals surface area contributed by atoms with Crippen molar-refractivity contribution in [2.45, 2.75) is 20.0 Å². The number of morpholine rings is 1. The lowest BCUT2D eigenvalue weighted by molar-refractivity contribution is -0.0117. The van der Waals surface area contributed by atoms with E-state index in [4.69, 9.17) is 4.74 Å². The minimum absolute atomic E-state index is 0.218. The summed E-state index contributed by atoms with van der Waals surface area (Å²) in [6.45, 7) is 8.39. The Kier molecular flexibility index (Phi) is 4.93. The van der Waals surface area contributed by atoms with Crippen LogP contribution in [0.25, 0.3) is 0 Å². The molecule has 106 valence electrons. The number of aryl methyl sites for hydroxylation is 1. The molecular weight excluding hydrogens is 242 g/mol. The van der Waals surface area contributed by atoms with Crippen LogP contribution in [0, 0.1) is 6.92 Å². The lowest BCUT2D eigenvalue weighted by atomic mass is 10.2. The summed E-state index contributed by atoms with van der Waals surface area (Å²) in [7, 11) is 2.12. The molecule has 1 aromatic rings. The van der Waals surface area contributed by atoms with Crippen LogP contribution in [0.2, 0.25) is 0 Å². The Morgan fingerprint density at radius 3 is 3.05 bits per heavy atom. The fourth-order valence-corrected chi connectivity index (χ4v) is 2.07. The minimum Gasteiger partial charge on any atom is -0.374 e. The molecule has 0 radical (unpaired) electrons. The first-order chi connectivity index (χ1) is 9.19. The summed E-state index contributed by atoms with van der Waals surface area (Å²) in [4.78, 5) is 11.0. The monoisotopic (exact) mass is 265 g/mol. The molecule has 0 saturated carbocycles. The van der Waals surface area contributed by atoms with Crippen LogP contribution >= 0.6 is 0 Å². The van der Waals surface area contributed by atoms with Crippen LogP contribution in [0.5, 0.6) is 0 Å². The SMILES string of the molecule is CCNc1ncc(C)c(NCC2CN(C)CCO2)n1. The van der Waals surface area contributed by atoms with Crippen molar-refractivity contribution >= 4 is 11.8 Å². The van der Waals surface area contributed by atoms with Crippen LogP contribution in [-0.2, 0) is 4.74 Å². The van der Waals surface area contributed by atoms with Crippen LogP contribution < -0.4 is 10.6 Å². The van der Waals surface area contributed by atoms with E-state index in [9.17, 15) is 0 Å². The molecule has 2 heterocycles. The van der Waals surface area contributed by atoms with E-state index in [0.717, 1.165) is 44.2 Å². The summed E-state index contributed by atoms with van der Waals surface area (Å²) in [6.07, 6.45) is 2.05. The van der Waals surface area contributed by atoms with Gasteiger partial charge in [-0.1, -0.05) is 0 Å². The highest BCUT2D eigenvalue weighted by Gasteiger charge is 2.17. The maximum atomic E-state index is 5.72. The zero-order chi connectivity index (χ0) is 13.7. The third-order valence-corrected chi connectivity index (χ3v) is 3.15. The summed E-state index contributed by atoms with van der Waals surface area (Å²) in [5, 5.41) is 6.48. The number of nitrogens with one attached hydrogen (secondary N) is 2. The van der Waals surface area contributed by atoms with Crippen molar-refractivity contribution < 1.29 is 4.74 Å². The van der Waals surface area contributed by atoms with Crippen molar-refractivity contribution in [2.75, 3.05) is 50.5 Å². The van der Waals surface area contributed by atoms with Gasteiger partial charge >= 0.3 is 0 Å². The third kappa shape index (κ3) is 4.04. The van der Waals surface area contributed by atoms with Gasteiger partial charge in [0, 0.05) is 37.9 Å². The van der Waals surface area contributed by atoms with E-state index in [-0.39, 0.29) is 6.10 Å².